The van der Waals surface area contributed by atoms with Crippen LogP contribution in [0.25, 0.3) is 0 Å². The Kier molecular flexibility index (Phi) is 13.5. The van der Waals surface area contributed by atoms with Crippen LogP contribution in [0.2, 0.25) is 0 Å². The number of hydrogen-bond donors (Lipinski definition) is 2. The molecule has 4 nitrogen and oxygen atoms in total. The molecule has 0 spiro atoms. The van der Waals surface area contributed by atoms with E-state index in [-0.39, 0.29) is 6.42 Å². The first-order valence-electron chi connectivity index (χ1n) is 10.3. The van der Waals surface area contributed by atoms with Crippen molar-refractivity contribution in [2.75, 3.05) is 0 Å². The second-order valence-electron chi connectivity index (χ2n) is 7.88. The monoisotopic (exact) mass is 356 g/mol. The van der Waals surface area contributed by atoms with Crippen LogP contribution in [0.15, 0.2) is 0 Å². The Labute approximate surface area is 154 Å². The van der Waals surface area contributed by atoms with Gasteiger partial charge in [0.1, 0.15) is 0 Å². The van der Waals surface area contributed by atoms with Crippen molar-refractivity contribution in [2.45, 2.75) is 111 Å². The highest BCUT2D eigenvalue weighted by molar-refractivity contribution is 5.74. The fraction of sp³-hybridized carbons (Fsp3) is 0.905. The molecule has 0 fully saturated rings. The summed E-state index contributed by atoms with van der Waals surface area (Å²) >= 11 is 0. The van der Waals surface area contributed by atoms with Crippen LogP contribution in [0.3, 0.4) is 0 Å². The molecule has 0 aromatic carbocycles. The molecule has 148 valence electrons. The minimum absolute atomic E-state index is 0.181. The molecule has 0 aromatic heterocycles. The number of hydrogen-bond acceptors (Lipinski definition) is 2. The average Bonchev–Trinajstić information content (AvgIpc) is 2.55. The molecule has 0 aliphatic rings. The Morgan fingerprint density at radius 3 is 2.00 bits per heavy atom. The van der Waals surface area contributed by atoms with Crippen LogP contribution in [-0.4, -0.2) is 22.2 Å². The molecule has 0 aliphatic heterocycles. The number of unbranched alkanes of at least 4 members (excludes halogenated alkanes) is 6. The van der Waals surface area contributed by atoms with Crippen LogP contribution in [-0.2, 0) is 9.59 Å². The van der Waals surface area contributed by atoms with Gasteiger partial charge in [-0.05, 0) is 32.1 Å². The third-order valence-corrected chi connectivity index (χ3v) is 5.31. The van der Waals surface area contributed by atoms with Crippen molar-refractivity contribution >= 4 is 11.9 Å². The van der Waals surface area contributed by atoms with Crippen LogP contribution in [0.5, 0.6) is 0 Å². The predicted octanol–water partition coefficient (Wildman–Crippen LogP) is 6.28. The quantitative estimate of drug-likeness (QED) is 0.301. The second-order valence-corrected chi connectivity index (χ2v) is 7.88. The van der Waals surface area contributed by atoms with Crippen LogP contribution in [0, 0.1) is 11.3 Å². The fourth-order valence-electron chi connectivity index (χ4n) is 3.60. The van der Waals surface area contributed by atoms with E-state index in [9.17, 15) is 14.7 Å². The Morgan fingerprint density at radius 1 is 0.840 bits per heavy atom. The van der Waals surface area contributed by atoms with Crippen LogP contribution in [0.4, 0.5) is 0 Å². The summed E-state index contributed by atoms with van der Waals surface area (Å²) in [6, 6.07) is 0. The summed E-state index contributed by atoms with van der Waals surface area (Å²) in [6.45, 7) is 6.28. The van der Waals surface area contributed by atoms with E-state index in [4.69, 9.17) is 5.11 Å². The van der Waals surface area contributed by atoms with E-state index >= 15 is 0 Å². The van der Waals surface area contributed by atoms with Crippen LogP contribution < -0.4 is 0 Å². The summed E-state index contributed by atoms with van der Waals surface area (Å²) in [6.07, 6.45) is 13.4. The van der Waals surface area contributed by atoms with Gasteiger partial charge in [0, 0.05) is 6.42 Å². The molecule has 0 rings (SSSR count). The van der Waals surface area contributed by atoms with Gasteiger partial charge in [0.2, 0.25) is 0 Å². The smallest absolute Gasteiger partial charge is 0.309 e. The van der Waals surface area contributed by atoms with E-state index in [1.165, 1.54) is 32.1 Å². The van der Waals surface area contributed by atoms with Gasteiger partial charge in [-0.1, -0.05) is 78.1 Å². The molecule has 0 amide bonds. The highest BCUT2D eigenvalue weighted by Gasteiger charge is 2.34. The lowest BCUT2D eigenvalue weighted by Crippen LogP contribution is -2.30. The topological polar surface area (TPSA) is 74.6 Å². The molecule has 0 bridgehead atoms. The van der Waals surface area contributed by atoms with Crippen molar-refractivity contribution in [1.29, 1.82) is 0 Å². The fourth-order valence-corrected chi connectivity index (χ4v) is 3.60. The SMILES string of the molecule is CCCCCCC(CCCC)CC(C)(CCCCCC(=O)O)C(=O)O. The molecule has 0 heterocycles. The number of carboxylic acids is 2. The minimum Gasteiger partial charge on any atom is -0.481 e. The third-order valence-electron chi connectivity index (χ3n) is 5.31. The van der Waals surface area contributed by atoms with Crippen LogP contribution in [0.1, 0.15) is 111 Å². The Morgan fingerprint density at radius 2 is 1.44 bits per heavy atom. The zero-order valence-corrected chi connectivity index (χ0v) is 16.7. The molecule has 0 saturated carbocycles. The van der Waals surface area contributed by atoms with Crippen LogP contribution >= 0.6 is 0 Å². The largest absolute Gasteiger partial charge is 0.481 e. The predicted molar refractivity (Wildman–Crippen MR) is 103 cm³/mol. The lowest BCUT2D eigenvalue weighted by molar-refractivity contribution is -0.149. The van der Waals surface area contributed by atoms with Gasteiger partial charge >= 0.3 is 11.9 Å². The molecule has 25 heavy (non-hydrogen) atoms. The summed E-state index contributed by atoms with van der Waals surface area (Å²) in [5, 5.41) is 18.5. The molecule has 0 aromatic rings. The third kappa shape index (κ3) is 12.0. The maximum absolute atomic E-state index is 11.9. The number of carbonyl (C=O) groups is 2. The molecule has 2 N–H and O–H groups in total. The first-order valence-corrected chi connectivity index (χ1v) is 10.3. The van der Waals surface area contributed by atoms with Crippen molar-refractivity contribution in [3.63, 3.8) is 0 Å². The van der Waals surface area contributed by atoms with E-state index < -0.39 is 17.4 Å². The molecular formula is C21H40O4. The second kappa shape index (κ2) is 14.1. The van der Waals surface area contributed by atoms with Gasteiger partial charge in [-0.25, -0.2) is 0 Å². The molecule has 2 atom stereocenters. The normalized spacial score (nSPS) is 14.8. The summed E-state index contributed by atoms with van der Waals surface area (Å²) in [4.78, 5) is 22.5. The standard InChI is InChI=1S/C21H40O4/c1-4-6-8-10-14-18(13-7-5-2)17-21(3,20(24)25)16-12-9-11-15-19(22)23/h18H,4-17H2,1-3H3,(H,22,23)(H,24,25). The Balaban J connectivity index is 4.53. The van der Waals surface area contributed by atoms with Crippen molar-refractivity contribution < 1.29 is 19.8 Å². The van der Waals surface area contributed by atoms with Crippen molar-refractivity contribution in [1.82, 2.24) is 0 Å². The summed E-state index contributed by atoms with van der Waals surface area (Å²) in [5.74, 6) is -0.967. The van der Waals surface area contributed by atoms with Gasteiger partial charge in [0.15, 0.2) is 0 Å². The van der Waals surface area contributed by atoms with E-state index in [1.807, 2.05) is 6.92 Å². The van der Waals surface area contributed by atoms with E-state index in [0.29, 0.717) is 18.8 Å². The molecular weight excluding hydrogens is 316 g/mol. The first kappa shape index (κ1) is 23.9. The Hall–Kier alpha value is -1.06. The maximum Gasteiger partial charge on any atom is 0.309 e. The lowest BCUT2D eigenvalue weighted by Gasteiger charge is -2.30. The van der Waals surface area contributed by atoms with Crippen molar-refractivity contribution in [3.8, 4) is 0 Å². The number of aliphatic carboxylic acids is 2. The minimum atomic E-state index is -0.771. The highest BCUT2D eigenvalue weighted by atomic mass is 16.4. The van der Waals surface area contributed by atoms with Gasteiger partial charge in [-0.15, -0.1) is 0 Å². The summed E-state index contributed by atoms with van der Waals surface area (Å²) in [7, 11) is 0. The van der Waals surface area contributed by atoms with Gasteiger partial charge in [0.05, 0.1) is 5.41 Å². The first-order chi connectivity index (χ1) is 11.9. The zero-order valence-electron chi connectivity index (χ0n) is 16.7. The van der Waals surface area contributed by atoms with E-state index in [2.05, 4.69) is 13.8 Å². The van der Waals surface area contributed by atoms with Crippen molar-refractivity contribution in [3.05, 3.63) is 0 Å². The molecule has 0 saturated heterocycles. The summed E-state index contributed by atoms with van der Waals surface area (Å²) < 4.78 is 0. The van der Waals surface area contributed by atoms with Gasteiger partial charge < -0.3 is 10.2 Å². The Bertz CT molecular complexity index is 367. The van der Waals surface area contributed by atoms with Gasteiger partial charge in [-0.2, -0.15) is 0 Å². The van der Waals surface area contributed by atoms with E-state index in [0.717, 1.165) is 38.5 Å². The summed E-state index contributed by atoms with van der Waals surface area (Å²) in [5.41, 5.74) is -0.674. The molecule has 0 aliphatic carbocycles. The van der Waals surface area contributed by atoms with Crippen molar-refractivity contribution in [2.24, 2.45) is 11.3 Å². The molecule has 0 radical (unpaired) electrons. The molecule has 4 heteroatoms. The highest BCUT2D eigenvalue weighted by Crippen LogP contribution is 2.36. The number of rotatable bonds is 17. The van der Waals surface area contributed by atoms with E-state index in [1.54, 1.807) is 0 Å². The zero-order chi connectivity index (χ0) is 19.1. The van der Waals surface area contributed by atoms with Gasteiger partial charge in [0.25, 0.3) is 0 Å². The average molecular weight is 357 g/mol. The number of carboxylic acid groups (broad SMARTS) is 2. The maximum atomic E-state index is 11.9. The molecule has 2 unspecified atom stereocenters. The lowest BCUT2D eigenvalue weighted by atomic mass is 9.74. The van der Waals surface area contributed by atoms with Gasteiger partial charge in [-0.3, -0.25) is 9.59 Å².